The van der Waals surface area contributed by atoms with Crippen LogP contribution in [0.5, 0.6) is 0 Å². The van der Waals surface area contributed by atoms with Gasteiger partial charge in [0.1, 0.15) is 0 Å². The van der Waals surface area contributed by atoms with Gasteiger partial charge in [0.05, 0.1) is 0 Å². The van der Waals surface area contributed by atoms with Crippen molar-refractivity contribution in [3.05, 3.63) is 0 Å². The molecule has 0 fully saturated rings. The Bertz CT molecular complexity index is 290. The van der Waals surface area contributed by atoms with Gasteiger partial charge in [-0.15, -0.1) is 0 Å². The molecule has 0 spiro atoms. The van der Waals surface area contributed by atoms with E-state index in [1.54, 1.807) is 13.1 Å². The summed E-state index contributed by atoms with van der Waals surface area (Å²) in [5.74, 6) is -1.11. The van der Waals surface area contributed by atoms with Crippen molar-refractivity contribution < 1.29 is 14.7 Å². The molecule has 0 aromatic rings. The van der Waals surface area contributed by atoms with Crippen molar-refractivity contribution in [2.45, 2.75) is 33.6 Å². The van der Waals surface area contributed by atoms with Crippen LogP contribution >= 0.6 is 0 Å². The van der Waals surface area contributed by atoms with Crippen molar-refractivity contribution in [2.24, 2.45) is 28.6 Å². The minimum atomic E-state index is -1.04. The standard InChI is InChI=1S/C11H21N3O3/c1-7(2)9(6-13-14-11(12)17)5-4-8(3)10(15)16/h6-9H,4-5H2,1-3H3,(H,15,16)(H3,12,14,17)/p-1/b13-6-/t8-,9+/m1/s1. The van der Waals surface area contributed by atoms with Gasteiger partial charge in [-0.05, 0) is 30.6 Å². The van der Waals surface area contributed by atoms with Gasteiger partial charge in [0.2, 0.25) is 0 Å². The first-order chi connectivity index (χ1) is 7.84. The van der Waals surface area contributed by atoms with Gasteiger partial charge in [0.25, 0.3) is 0 Å². The Kier molecular flexibility index (Phi) is 6.93. The van der Waals surface area contributed by atoms with E-state index < -0.39 is 17.9 Å². The fraction of sp³-hybridized carbons (Fsp3) is 0.727. The molecule has 0 aliphatic heterocycles. The molecule has 3 N–H and O–H groups in total. The SMILES string of the molecule is CC(C)[C@H](/C=N\NC(N)=O)CC[C@@H](C)C(=O)[O-]. The molecule has 0 aliphatic rings. The van der Waals surface area contributed by atoms with Crippen molar-refractivity contribution in [3.63, 3.8) is 0 Å². The zero-order valence-corrected chi connectivity index (χ0v) is 10.5. The van der Waals surface area contributed by atoms with E-state index in [4.69, 9.17) is 5.73 Å². The average molecular weight is 242 g/mol. The highest BCUT2D eigenvalue weighted by atomic mass is 16.4. The van der Waals surface area contributed by atoms with Crippen LogP contribution in [0.4, 0.5) is 4.79 Å². The Balaban J connectivity index is 4.20. The summed E-state index contributed by atoms with van der Waals surface area (Å²) >= 11 is 0. The zero-order valence-electron chi connectivity index (χ0n) is 10.5. The number of primary amides is 1. The molecule has 0 bridgehead atoms. The number of hydrogen-bond donors (Lipinski definition) is 2. The number of carboxylic acid groups (broad SMARTS) is 1. The van der Waals surface area contributed by atoms with Gasteiger partial charge >= 0.3 is 6.03 Å². The molecule has 0 radical (unpaired) electrons. The number of carboxylic acids is 1. The van der Waals surface area contributed by atoms with E-state index in [0.717, 1.165) is 0 Å². The van der Waals surface area contributed by atoms with E-state index in [9.17, 15) is 14.7 Å². The normalized spacial score (nSPS) is 14.8. The van der Waals surface area contributed by atoms with Gasteiger partial charge in [-0.3, -0.25) is 0 Å². The summed E-state index contributed by atoms with van der Waals surface area (Å²) in [5.41, 5.74) is 6.99. The highest BCUT2D eigenvalue weighted by Crippen LogP contribution is 2.18. The van der Waals surface area contributed by atoms with E-state index in [0.29, 0.717) is 18.8 Å². The van der Waals surface area contributed by atoms with Gasteiger partial charge in [-0.25, -0.2) is 10.2 Å². The molecule has 0 aliphatic carbocycles. The van der Waals surface area contributed by atoms with Gasteiger partial charge in [0.15, 0.2) is 0 Å². The van der Waals surface area contributed by atoms with Crippen molar-refractivity contribution in [1.82, 2.24) is 5.43 Å². The molecule has 0 heterocycles. The topological polar surface area (TPSA) is 108 Å². The zero-order chi connectivity index (χ0) is 13.4. The van der Waals surface area contributed by atoms with E-state index in [1.807, 2.05) is 13.8 Å². The quantitative estimate of drug-likeness (QED) is 0.487. The predicted octanol–water partition coefficient (Wildman–Crippen LogP) is 0.0789. The van der Waals surface area contributed by atoms with E-state index in [-0.39, 0.29) is 5.92 Å². The number of nitrogens with zero attached hydrogens (tertiary/aromatic N) is 1. The Morgan fingerprint density at radius 2 is 1.94 bits per heavy atom. The summed E-state index contributed by atoms with van der Waals surface area (Å²) in [6.45, 7) is 5.63. The number of urea groups is 1. The van der Waals surface area contributed by atoms with Crippen LogP contribution < -0.4 is 16.3 Å². The first-order valence-corrected chi connectivity index (χ1v) is 5.64. The number of amides is 2. The predicted molar refractivity (Wildman–Crippen MR) is 62.9 cm³/mol. The molecule has 6 heteroatoms. The lowest BCUT2D eigenvalue weighted by Crippen LogP contribution is -2.30. The van der Waals surface area contributed by atoms with Crippen LogP contribution in [0.25, 0.3) is 0 Å². The Morgan fingerprint density at radius 1 is 1.35 bits per heavy atom. The fourth-order valence-corrected chi connectivity index (χ4v) is 1.34. The third kappa shape index (κ3) is 7.32. The molecule has 0 saturated carbocycles. The van der Waals surface area contributed by atoms with Crippen molar-refractivity contribution >= 4 is 18.2 Å². The van der Waals surface area contributed by atoms with Crippen molar-refractivity contribution in [2.75, 3.05) is 0 Å². The lowest BCUT2D eigenvalue weighted by Gasteiger charge is -2.19. The lowest BCUT2D eigenvalue weighted by atomic mass is 9.89. The highest BCUT2D eigenvalue weighted by Gasteiger charge is 2.13. The second-order valence-electron chi connectivity index (χ2n) is 4.46. The number of carbonyl (C=O) groups excluding carboxylic acids is 2. The second kappa shape index (κ2) is 7.65. The first-order valence-electron chi connectivity index (χ1n) is 5.64. The summed E-state index contributed by atoms with van der Waals surface area (Å²) in [6.07, 6.45) is 2.79. The van der Waals surface area contributed by atoms with E-state index in [1.165, 1.54) is 0 Å². The van der Waals surface area contributed by atoms with E-state index in [2.05, 4.69) is 10.5 Å². The highest BCUT2D eigenvalue weighted by molar-refractivity contribution is 5.73. The molecule has 2 atom stereocenters. The summed E-state index contributed by atoms with van der Waals surface area (Å²) in [7, 11) is 0. The molecular formula is C11H20N3O3-. The molecule has 17 heavy (non-hydrogen) atoms. The molecule has 6 nitrogen and oxygen atoms in total. The summed E-state index contributed by atoms with van der Waals surface area (Å²) in [4.78, 5) is 21.0. The van der Waals surface area contributed by atoms with Crippen LogP contribution in [-0.2, 0) is 4.79 Å². The number of nitrogens with two attached hydrogens (primary N) is 1. The maximum atomic E-state index is 10.6. The Hall–Kier alpha value is -1.59. The minimum absolute atomic E-state index is 0.101. The van der Waals surface area contributed by atoms with Crippen LogP contribution in [-0.4, -0.2) is 18.2 Å². The van der Waals surface area contributed by atoms with Crippen LogP contribution in [0.2, 0.25) is 0 Å². The minimum Gasteiger partial charge on any atom is -0.550 e. The molecule has 0 saturated heterocycles. The van der Waals surface area contributed by atoms with Crippen LogP contribution in [0, 0.1) is 17.8 Å². The summed E-state index contributed by atoms with van der Waals surface area (Å²) in [6, 6.07) is -0.716. The number of nitrogens with one attached hydrogen (secondary N) is 1. The monoisotopic (exact) mass is 242 g/mol. The van der Waals surface area contributed by atoms with Gasteiger partial charge < -0.3 is 15.6 Å². The Morgan fingerprint density at radius 3 is 2.35 bits per heavy atom. The summed E-state index contributed by atoms with van der Waals surface area (Å²) < 4.78 is 0. The number of rotatable bonds is 7. The molecule has 0 aromatic carbocycles. The van der Waals surface area contributed by atoms with Crippen molar-refractivity contribution in [3.8, 4) is 0 Å². The third-order valence-electron chi connectivity index (χ3n) is 2.63. The smallest absolute Gasteiger partial charge is 0.332 e. The second-order valence-corrected chi connectivity index (χ2v) is 4.46. The average Bonchev–Trinajstić information content (AvgIpc) is 2.21. The lowest BCUT2D eigenvalue weighted by molar-refractivity contribution is -0.311. The summed E-state index contributed by atoms with van der Waals surface area (Å²) in [5, 5.41) is 14.3. The van der Waals surface area contributed by atoms with E-state index >= 15 is 0 Å². The third-order valence-corrected chi connectivity index (χ3v) is 2.63. The number of aliphatic carboxylic acids is 1. The van der Waals surface area contributed by atoms with Crippen LogP contribution in [0.3, 0.4) is 0 Å². The largest absolute Gasteiger partial charge is 0.550 e. The van der Waals surface area contributed by atoms with Crippen LogP contribution in [0.15, 0.2) is 5.10 Å². The number of hydrazone groups is 1. The van der Waals surface area contributed by atoms with Crippen molar-refractivity contribution in [1.29, 1.82) is 0 Å². The van der Waals surface area contributed by atoms with Crippen LogP contribution in [0.1, 0.15) is 33.6 Å². The molecule has 0 unspecified atom stereocenters. The fourth-order valence-electron chi connectivity index (χ4n) is 1.34. The maximum absolute atomic E-state index is 10.6. The number of carbonyl (C=O) groups is 2. The van der Waals surface area contributed by atoms with Gasteiger partial charge in [0, 0.05) is 12.2 Å². The molecule has 98 valence electrons. The molecule has 0 rings (SSSR count). The van der Waals surface area contributed by atoms with Gasteiger partial charge in [-0.1, -0.05) is 20.8 Å². The molecule has 2 amide bonds. The Labute approximate surface area is 101 Å². The molecule has 0 aromatic heterocycles. The maximum Gasteiger partial charge on any atom is 0.332 e. The number of hydrogen-bond acceptors (Lipinski definition) is 4. The first kappa shape index (κ1) is 15.4. The molecular weight excluding hydrogens is 222 g/mol. The van der Waals surface area contributed by atoms with Gasteiger partial charge in [-0.2, -0.15) is 5.10 Å².